The van der Waals surface area contributed by atoms with Crippen LogP contribution in [-0.4, -0.2) is 50.6 Å². The van der Waals surface area contributed by atoms with E-state index in [1.165, 1.54) is 46.6 Å². The molecule has 2 N–H and O–H groups in total. The summed E-state index contributed by atoms with van der Waals surface area (Å²) in [7, 11) is 5.30. The Morgan fingerprint density at radius 1 is 0.900 bits per heavy atom. The van der Waals surface area contributed by atoms with Crippen LogP contribution in [0.5, 0.6) is 23.0 Å². The summed E-state index contributed by atoms with van der Waals surface area (Å²) in [5, 5.41) is 20.4. The second kappa shape index (κ2) is 7.78. The van der Waals surface area contributed by atoms with Crippen molar-refractivity contribution >= 4 is 11.9 Å². The Balaban J connectivity index is 2.37. The zero-order valence-corrected chi connectivity index (χ0v) is 17.4. The number of carbonyl (C=O) groups excluding carboxylic acids is 2. The first-order chi connectivity index (χ1) is 14.2. The molecule has 0 amide bonds. The van der Waals surface area contributed by atoms with E-state index in [9.17, 15) is 19.8 Å². The van der Waals surface area contributed by atoms with Crippen molar-refractivity contribution in [1.82, 2.24) is 0 Å². The molecule has 0 aromatic heterocycles. The van der Waals surface area contributed by atoms with Crippen LogP contribution in [0.3, 0.4) is 0 Å². The van der Waals surface area contributed by atoms with Gasteiger partial charge >= 0.3 is 11.9 Å². The lowest BCUT2D eigenvalue weighted by Gasteiger charge is -2.30. The quantitative estimate of drug-likeness (QED) is 0.715. The maximum atomic E-state index is 13.0. The van der Waals surface area contributed by atoms with Gasteiger partial charge in [-0.15, -0.1) is 0 Å². The highest BCUT2D eigenvalue weighted by atomic mass is 16.5. The van der Waals surface area contributed by atoms with Crippen LogP contribution in [0.4, 0.5) is 0 Å². The topological polar surface area (TPSA) is 112 Å². The molecule has 3 rings (SSSR count). The van der Waals surface area contributed by atoms with Crippen LogP contribution in [0, 0.1) is 5.92 Å². The molecule has 0 saturated carbocycles. The number of hydrogen-bond acceptors (Lipinski definition) is 8. The number of carbonyl (C=O) groups is 2. The molecule has 0 fully saturated rings. The summed E-state index contributed by atoms with van der Waals surface area (Å²) in [4.78, 5) is 25.9. The Labute approximate surface area is 173 Å². The minimum absolute atomic E-state index is 0.0672. The maximum absolute atomic E-state index is 13.0. The Bertz CT molecular complexity index is 999. The minimum Gasteiger partial charge on any atom is -0.504 e. The predicted octanol–water partition coefficient (Wildman–Crippen LogP) is 2.48. The third kappa shape index (κ3) is 2.99. The van der Waals surface area contributed by atoms with Gasteiger partial charge in [-0.05, 0) is 47.9 Å². The van der Waals surface area contributed by atoms with Gasteiger partial charge in [0.1, 0.15) is 5.41 Å². The van der Waals surface area contributed by atoms with Crippen LogP contribution in [-0.2, 0) is 24.5 Å². The summed E-state index contributed by atoms with van der Waals surface area (Å²) in [6.45, 7) is 1.60. The molecule has 2 aromatic rings. The number of methoxy groups -OCH3 is 4. The Hall–Kier alpha value is -3.42. The molecule has 160 valence electrons. The average molecular weight is 416 g/mol. The highest BCUT2D eigenvalue weighted by Gasteiger charge is 2.59. The number of ether oxygens (including phenoxy) is 4. The molecule has 0 bridgehead atoms. The molecular weight excluding hydrogens is 392 g/mol. The number of esters is 2. The van der Waals surface area contributed by atoms with Crippen LogP contribution in [0.15, 0.2) is 30.3 Å². The van der Waals surface area contributed by atoms with E-state index in [1.54, 1.807) is 19.1 Å². The third-order valence-corrected chi connectivity index (χ3v) is 5.83. The van der Waals surface area contributed by atoms with E-state index in [-0.39, 0.29) is 23.0 Å². The van der Waals surface area contributed by atoms with Crippen molar-refractivity contribution in [3.8, 4) is 23.0 Å². The van der Waals surface area contributed by atoms with Crippen LogP contribution < -0.4 is 9.47 Å². The minimum atomic E-state index is -1.41. The van der Waals surface area contributed by atoms with Crippen LogP contribution >= 0.6 is 0 Å². The summed E-state index contributed by atoms with van der Waals surface area (Å²) in [6.07, 6.45) is 0. The molecule has 8 nitrogen and oxygen atoms in total. The average Bonchev–Trinajstić information content (AvgIpc) is 3.01. The van der Waals surface area contributed by atoms with Gasteiger partial charge in [0.15, 0.2) is 23.0 Å². The van der Waals surface area contributed by atoms with E-state index in [0.717, 1.165) is 0 Å². The van der Waals surface area contributed by atoms with Gasteiger partial charge in [0.2, 0.25) is 0 Å². The summed E-state index contributed by atoms with van der Waals surface area (Å²) < 4.78 is 20.5. The van der Waals surface area contributed by atoms with Crippen LogP contribution in [0.25, 0.3) is 0 Å². The largest absolute Gasteiger partial charge is 0.504 e. The molecule has 0 heterocycles. The molecule has 1 aliphatic carbocycles. The molecule has 0 radical (unpaired) electrons. The lowest BCUT2D eigenvalue weighted by atomic mass is 9.72. The molecular formula is C22H24O8. The number of hydrogen-bond donors (Lipinski definition) is 2. The van der Waals surface area contributed by atoms with Gasteiger partial charge < -0.3 is 29.2 Å². The fourth-order valence-electron chi connectivity index (χ4n) is 4.34. The van der Waals surface area contributed by atoms with Crippen molar-refractivity contribution in [2.24, 2.45) is 5.92 Å². The normalized spacial score (nSPS) is 22.2. The Morgan fingerprint density at radius 2 is 1.53 bits per heavy atom. The van der Waals surface area contributed by atoms with Crippen LogP contribution in [0.1, 0.15) is 29.5 Å². The van der Waals surface area contributed by atoms with E-state index >= 15 is 0 Å². The number of phenols is 2. The van der Waals surface area contributed by atoms with Gasteiger partial charge in [0.25, 0.3) is 0 Å². The first-order valence-electron chi connectivity index (χ1n) is 9.19. The fourth-order valence-corrected chi connectivity index (χ4v) is 4.34. The lowest BCUT2D eigenvalue weighted by Crippen LogP contribution is -2.43. The zero-order valence-electron chi connectivity index (χ0n) is 17.4. The van der Waals surface area contributed by atoms with Crippen molar-refractivity contribution in [1.29, 1.82) is 0 Å². The third-order valence-electron chi connectivity index (χ3n) is 5.83. The molecule has 3 unspecified atom stereocenters. The van der Waals surface area contributed by atoms with E-state index in [0.29, 0.717) is 16.7 Å². The Kier molecular flexibility index (Phi) is 5.52. The highest BCUT2D eigenvalue weighted by Crippen LogP contribution is 2.56. The molecule has 2 aromatic carbocycles. The lowest BCUT2D eigenvalue weighted by molar-refractivity contribution is -0.159. The molecule has 1 aliphatic rings. The smallest absolute Gasteiger partial charge is 0.316 e. The number of rotatable bonds is 5. The van der Waals surface area contributed by atoms with Crippen molar-refractivity contribution in [2.75, 3.05) is 28.4 Å². The highest BCUT2D eigenvalue weighted by molar-refractivity contribution is 5.94. The zero-order chi connectivity index (χ0) is 22.2. The first-order valence-corrected chi connectivity index (χ1v) is 9.19. The number of benzene rings is 2. The van der Waals surface area contributed by atoms with Gasteiger partial charge in [-0.3, -0.25) is 9.59 Å². The van der Waals surface area contributed by atoms with E-state index in [1.807, 2.05) is 0 Å². The number of fused-ring (bicyclic) bond motifs is 1. The van der Waals surface area contributed by atoms with E-state index in [4.69, 9.17) is 18.9 Å². The SMILES string of the molecule is COC(=O)C1C(c2ccc(O)c(OC)c2)c2cc(O)c(OC)cc2C1(C)C(=O)OC. The second-order valence-electron chi connectivity index (χ2n) is 7.22. The van der Waals surface area contributed by atoms with Gasteiger partial charge in [-0.1, -0.05) is 6.07 Å². The summed E-state index contributed by atoms with van der Waals surface area (Å²) in [5.74, 6) is -2.74. The number of phenolic OH excluding ortho intramolecular Hbond substituents is 2. The standard InChI is InChI=1S/C22H24O8/c1-22(21(26)30-5)13-10-17(28-3)15(24)9-12(13)18(19(22)20(25)29-4)11-6-7-14(23)16(8-11)27-2/h6-10,18-19,23-24H,1-5H3. The van der Waals surface area contributed by atoms with Crippen molar-refractivity contribution in [2.45, 2.75) is 18.3 Å². The monoisotopic (exact) mass is 416 g/mol. The predicted molar refractivity (Wildman–Crippen MR) is 106 cm³/mol. The van der Waals surface area contributed by atoms with Gasteiger partial charge in [0.05, 0.1) is 34.4 Å². The number of aromatic hydroxyl groups is 2. The maximum Gasteiger partial charge on any atom is 0.316 e. The molecule has 0 aliphatic heterocycles. The molecule has 0 spiro atoms. The Morgan fingerprint density at radius 3 is 2.10 bits per heavy atom. The molecule has 8 heteroatoms. The van der Waals surface area contributed by atoms with Gasteiger partial charge in [-0.25, -0.2) is 0 Å². The van der Waals surface area contributed by atoms with Gasteiger partial charge in [0, 0.05) is 5.92 Å². The van der Waals surface area contributed by atoms with Gasteiger partial charge in [-0.2, -0.15) is 0 Å². The second-order valence-corrected chi connectivity index (χ2v) is 7.22. The van der Waals surface area contributed by atoms with Crippen molar-refractivity contribution in [3.63, 3.8) is 0 Å². The summed E-state index contributed by atoms with van der Waals surface area (Å²) in [6, 6.07) is 7.67. The van der Waals surface area contributed by atoms with Crippen molar-refractivity contribution in [3.05, 3.63) is 47.0 Å². The first kappa shape index (κ1) is 21.3. The molecule has 3 atom stereocenters. The molecule has 30 heavy (non-hydrogen) atoms. The van der Waals surface area contributed by atoms with E-state index in [2.05, 4.69) is 0 Å². The fraction of sp³-hybridized carbons (Fsp3) is 0.364. The molecule has 0 saturated heterocycles. The summed E-state index contributed by atoms with van der Waals surface area (Å²) >= 11 is 0. The van der Waals surface area contributed by atoms with E-state index < -0.39 is 29.2 Å². The summed E-state index contributed by atoms with van der Waals surface area (Å²) in [5.41, 5.74) is 0.216. The van der Waals surface area contributed by atoms with Crippen molar-refractivity contribution < 1.29 is 38.7 Å². The van der Waals surface area contributed by atoms with Crippen LogP contribution in [0.2, 0.25) is 0 Å².